The molecule has 1 heterocycles. The van der Waals surface area contributed by atoms with Crippen molar-refractivity contribution in [3.05, 3.63) is 10.6 Å². The minimum Gasteiger partial charge on any atom is -0.384 e. The van der Waals surface area contributed by atoms with E-state index in [-0.39, 0.29) is 0 Å². The van der Waals surface area contributed by atoms with E-state index < -0.39 is 0 Å². The van der Waals surface area contributed by atoms with Crippen LogP contribution in [-0.2, 0) is 11.2 Å². The Balaban J connectivity index is 2.18. The Hall–Kier alpha value is -0.680. The molecule has 1 fully saturated rings. The summed E-state index contributed by atoms with van der Waals surface area (Å²) in [5, 5.41) is 7.01. The van der Waals surface area contributed by atoms with Crippen molar-refractivity contribution in [1.29, 1.82) is 0 Å². The van der Waals surface area contributed by atoms with E-state index in [0.717, 1.165) is 17.0 Å². The van der Waals surface area contributed by atoms with Gasteiger partial charge >= 0.3 is 0 Å². The van der Waals surface area contributed by atoms with E-state index in [4.69, 9.17) is 17.0 Å². The molecule has 13 heavy (non-hydrogen) atoms. The molecule has 1 aromatic rings. The first-order valence-electron chi connectivity index (χ1n) is 4.47. The summed E-state index contributed by atoms with van der Waals surface area (Å²) < 4.78 is 7.87. The highest BCUT2D eigenvalue weighted by Gasteiger charge is 2.26. The van der Waals surface area contributed by atoms with Crippen LogP contribution < -0.4 is 0 Å². The van der Waals surface area contributed by atoms with Crippen molar-refractivity contribution in [1.82, 2.24) is 14.8 Å². The van der Waals surface area contributed by atoms with Gasteiger partial charge in [0.15, 0.2) is 4.77 Å². The summed E-state index contributed by atoms with van der Waals surface area (Å²) in [5.41, 5.74) is 0. The van der Waals surface area contributed by atoms with E-state index in [1.807, 2.05) is 0 Å². The Bertz CT molecular complexity index is 339. The number of aromatic nitrogens is 3. The van der Waals surface area contributed by atoms with Gasteiger partial charge in [-0.1, -0.05) is 0 Å². The fraction of sp³-hybridized carbons (Fsp3) is 0.750. The number of rotatable bonds is 4. The molecule has 0 unspecified atom stereocenters. The molecule has 1 aliphatic rings. The molecule has 5 heteroatoms. The monoisotopic (exact) mass is 199 g/mol. The van der Waals surface area contributed by atoms with Crippen LogP contribution in [0.1, 0.15) is 24.7 Å². The first-order chi connectivity index (χ1) is 6.33. The second-order valence-corrected chi connectivity index (χ2v) is 3.68. The highest BCUT2D eigenvalue weighted by molar-refractivity contribution is 7.71. The van der Waals surface area contributed by atoms with Crippen LogP contribution in [0.2, 0.25) is 0 Å². The maximum absolute atomic E-state index is 5.14. The van der Waals surface area contributed by atoms with Crippen LogP contribution in [0.15, 0.2) is 0 Å². The topological polar surface area (TPSA) is 42.8 Å². The molecule has 0 spiro atoms. The molecule has 0 amide bonds. The van der Waals surface area contributed by atoms with Gasteiger partial charge in [0.1, 0.15) is 5.82 Å². The lowest BCUT2D eigenvalue weighted by Gasteiger charge is -2.03. The first-order valence-corrected chi connectivity index (χ1v) is 4.88. The van der Waals surface area contributed by atoms with E-state index in [1.165, 1.54) is 12.8 Å². The molecular weight excluding hydrogens is 186 g/mol. The van der Waals surface area contributed by atoms with Crippen molar-refractivity contribution in [2.75, 3.05) is 13.7 Å². The average Bonchev–Trinajstić information content (AvgIpc) is 2.88. The lowest BCUT2D eigenvalue weighted by molar-refractivity contribution is 0.199. The van der Waals surface area contributed by atoms with E-state index >= 15 is 0 Å². The Kier molecular flexibility index (Phi) is 2.46. The van der Waals surface area contributed by atoms with Gasteiger partial charge < -0.3 is 9.30 Å². The molecule has 1 N–H and O–H groups in total. The maximum atomic E-state index is 5.14. The number of ether oxygens (including phenoxy) is 1. The summed E-state index contributed by atoms with van der Waals surface area (Å²) >= 11 is 5.14. The molecule has 1 aliphatic carbocycles. The summed E-state index contributed by atoms with van der Waals surface area (Å²) in [4.78, 5) is 0. The van der Waals surface area contributed by atoms with Gasteiger partial charge in [-0.25, -0.2) is 0 Å². The molecule has 0 saturated heterocycles. The van der Waals surface area contributed by atoms with Crippen LogP contribution in [-0.4, -0.2) is 28.5 Å². The van der Waals surface area contributed by atoms with E-state index in [9.17, 15) is 0 Å². The van der Waals surface area contributed by atoms with Gasteiger partial charge in [-0.3, -0.25) is 5.10 Å². The highest BCUT2D eigenvalue weighted by Crippen LogP contribution is 2.35. The van der Waals surface area contributed by atoms with Gasteiger partial charge in [0, 0.05) is 19.6 Å². The predicted molar refractivity (Wildman–Crippen MR) is 51.3 cm³/mol. The number of hydrogen-bond donors (Lipinski definition) is 1. The largest absolute Gasteiger partial charge is 0.384 e. The zero-order valence-corrected chi connectivity index (χ0v) is 8.43. The number of aromatic amines is 1. The van der Waals surface area contributed by atoms with Crippen molar-refractivity contribution in [2.45, 2.75) is 25.3 Å². The molecule has 0 aromatic carbocycles. The van der Waals surface area contributed by atoms with Gasteiger partial charge in [0.05, 0.1) is 6.61 Å². The van der Waals surface area contributed by atoms with Gasteiger partial charge in [-0.05, 0) is 25.1 Å². The zero-order chi connectivity index (χ0) is 9.26. The fourth-order valence-electron chi connectivity index (χ4n) is 1.42. The molecule has 72 valence electrons. The molecule has 1 aromatic heterocycles. The van der Waals surface area contributed by atoms with E-state index in [1.54, 1.807) is 7.11 Å². The Labute approximate surface area is 81.9 Å². The summed E-state index contributed by atoms with van der Waals surface area (Å²) in [7, 11) is 1.70. The Morgan fingerprint density at radius 3 is 3.08 bits per heavy atom. The normalized spacial score (nSPS) is 16.4. The van der Waals surface area contributed by atoms with Gasteiger partial charge in [-0.15, -0.1) is 0 Å². The minimum atomic E-state index is 0.595. The summed E-state index contributed by atoms with van der Waals surface area (Å²) in [6.07, 6.45) is 3.29. The molecule has 4 nitrogen and oxygen atoms in total. The Morgan fingerprint density at radius 2 is 2.46 bits per heavy atom. The van der Waals surface area contributed by atoms with Crippen molar-refractivity contribution in [3.63, 3.8) is 0 Å². The van der Waals surface area contributed by atoms with Crippen LogP contribution in [0.3, 0.4) is 0 Å². The third kappa shape index (κ3) is 1.81. The molecule has 1 saturated carbocycles. The standard InChI is InChI=1S/C8H13N3OS/c1-12-5-4-7-9-10-8(13)11(7)6-2-3-6/h6H,2-5H2,1H3,(H,10,13). The number of nitrogens with zero attached hydrogens (tertiary/aromatic N) is 2. The van der Waals surface area contributed by atoms with Crippen LogP contribution in [0.25, 0.3) is 0 Å². The van der Waals surface area contributed by atoms with Crippen molar-refractivity contribution >= 4 is 12.2 Å². The zero-order valence-electron chi connectivity index (χ0n) is 7.62. The van der Waals surface area contributed by atoms with E-state index in [0.29, 0.717) is 12.6 Å². The molecule has 2 rings (SSSR count). The van der Waals surface area contributed by atoms with Crippen LogP contribution >= 0.6 is 12.2 Å². The second-order valence-electron chi connectivity index (χ2n) is 3.29. The molecule has 0 bridgehead atoms. The molecular formula is C8H13N3OS. The minimum absolute atomic E-state index is 0.595. The summed E-state index contributed by atoms with van der Waals surface area (Å²) in [5.74, 6) is 1.02. The van der Waals surface area contributed by atoms with E-state index in [2.05, 4.69) is 14.8 Å². The molecule has 0 aliphatic heterocycles. The first kappa shape index (κ1) is 8.90. The molecule has 0 radical (unpaired) electrons. The average molecular weight is 199 g/mol. The maximum Gasteiger partial charge on any atom is 0.195 e. The van der Waals surface area contributed by atoms with Crippen molar-refractivity contribution < 1.29 is 4.74 Å². The quantitative estimate of drug-likeness (QED) is 0.747. The number of methoxy groups -OCH3 is 1. The summed E-state index contributed by atoms with van der Waals surface area (Å²) in [6, 6.07) is 0.595. The van der Waals surface area contributed by atoms with Crippen LogP contribution in [0.5, 0.6) is 0 Å². The van der Waals surface area contributed by atoms with Crippen LogP contribution in [0.4, 0.5) is 0 Å². The highest BCUT2D eigenvalue weighted by atomic mass is 32.1. The smallest absolute Gasteiger partial charge is 0.195 e. The van der Waals surface area contributed by atoms with Gasteiger partial charge in [0.2, 0.25) is 0 Å². The number of hydrogen-bond acceptors (Lipinski definition) is 3. The van der Waals surface area contributed by atoms with Gasteiger partial charge in [-0.2, -0.15) is 5.10 Å². The molecule has 0 atom stereocenters. The number of H-pyrrole nitrogens is 1. The Morgan fingerprint density at radius 1 is 1.69 bits per heavy atom. The SMILES string of the molecule is COCCc1n[nH]c(=S)n1C1CC1. The van der Waals surface area contributed by atoms with Crippen molar-refractivity contribution in [3.8, 4) is 0 Å². The predicted octanol–water partition coefficient (Wildman–Crippen LogP) is 1.46. The number of nitrogens with one attached hydrogen (secondary N) is 1. The third-order valence-electron chi connectivity index (χ3n) is 2.22. The van der Waals surface area contributed by atoms with Crippen molar-refractivity contribution in [2.24, 2.45) is 0 Å². The summed E-state index contributed by atoms with van der Waals surface area (Å²) in [6.45, 7) is 0.701. The lowest BCUT2D eigenvalue weighted by atomic mass is 10.4. The second kappa shape index (κ2) is 3.59. The lowest BCUT2D eigenvalue weighted by Crippen LogP contribution is -2.05. The van der Waals surface area contributed by atoms with Gasteiger partial charge in [0.25, 0.3) is 0 Å². The third-order valence-corrected chi connectivity index (χ3v) is 2.51. The van der Waals surface area contributed by atoms with Crippen LogP contribution in [0, 0.1) is 4.77 Å². The fourth-order valence-corrected chi connectivity index (χ4v) is 1.72.